The summed E-state index contributed by atoms with van der Waals surface area (Å²) in [5, 5.41) is 8.74. The third-order valence-corrected chi connectivity index (χ3v) is 3.51. The van der Waals surface area contributed by atoms with Crippen LogP contribution < -0.4 is 0 Å². The molecule has 0 amide bonds. The van der Waals surface area contributed by atoms with Crippen molar-refractivity contribution in [1.29, 1.82) is 0 Å². The quantitative estimate of drug-likeness (QED) is 0.748. The second kappa shape index (κ2) is 3.31. The van der Waals surface area contributed by atoms with Crippen molar-refractivity contribution < 1.29 is 9.90 Å². The number of hydrogen-bond donors (Lipinski definition) is 2. The zero-order valence-electron chi connectivity index (χ0n) is 7.73. The number of aromatic carboxylic acids is 1. The Balaban J connectivity index is 2.26. The molecule has 1 aromatic rings. The molecule has 0 heterocycles. The summed E-state index contributed by atoms with van der Waals surface area (Å²) in [5.74, 6) is -0.0216. The summed E-state index contributed by atoms with van der Waals surface area (Å²) in [5.41, 5.74) is 1.81. The molecular formula is C11H12O2S. The molecule has 74 valence electrons. The van der Waals surface area contributed by atoms with Gasteiger partial charge >= 0.3 is 5.97 Å². The summed E-state index contributed by atoms with van der Waals surface area (Å²) in [6.07, 6.45) is 2.34. The minimum Gasteiger partial charge on any atom is -0.478 e. The highest BCUT2D eigenvalue weighted by molar-refractivity contribution is 7.80. The minimum atomic E-state index is -0.868. The Hall–Kier alpha value is -0.960. The first kappa shape index (κ1) is 9.59. The molecule has 0 spiro atoms. The van der Waals surface area contributed by atoms with Crippen LogP contribution in [0.2, 0.25) is 0 Å². The first-order valence-electron chi connectivity index (χ1n) is 4.63. The topological polar surface area (TPSA) is 37.3 Å². The first-order chi connectivity index (χ1) is 6.68. The van der Waals surface area contributed by atoms with E-state index in [1.54, 1.807) is 12.1 Å². The summed E-state index contributed by atoms with van der Waals surface area (Å²) < 4.78 is 0. The summed E-state index contributed by atoms with van der Waals surface area (Å²) in [6.45, 7) is 0. The van der Waals surface area contributed by atoms with E-state index in [4.69, 9.17) is 5.11 Å². The zero-order chi connectivity index (χ0) is 10.2. The molecule has 2 rings (SSSR count). The van der Waals surface area contributed by atoms with Crippen LogP contribution in [0.1, 0.15) is 28.8 Å². The monoisotopic (exact) mass is 208 g/mol. The van der Waals surface area contributed by atoms with E-state index in [-0.39, 0.29) is 5.41 Å². The molecule has 0 aliphatic heterocycles. The van der Waals surface area contributed by atoms with E-state index in [1.807, 2.05) is 12.1 Å². The lowest BCUT2D eigenvalue weighted by Gasteiger charge is -2.11. The molecule has 0 saturated heterocycles. The van der Waals surface area contributed by atoms with E-state index in [1.165, 1.54) is 18.4 Å². The van der Waals surface area contributed by atoms with Crippen LogP contribution in [-0.4, -0.2) is 16.8 Å². The van der Waals surface area contributed by atoms with Gasteiger partial charge in [-0.3, -0.25) is 0 Å². The predicted molar refractivity (Wildman–Crippen MR) is 58.2 cm³/mol. The van der Waals surface area contributed by atoms with Crippen molar-refractivity contribution in [3.8, 4) is 0 Å². The molecule has 1 saturated carbocycles. The molecule has 1 aliphatic rings. The molecule has 14 heavy (non-hydrogen) atoms. The Morgan fingerprint density at radius 1 is 1.36 bits per heavy atom. The van der Waals surface area contributed by atoms with Crippen molar-refractivity contribution in [2.45, 2.75) is 18.3 Å². The summed E-state index contributed by atoms with van der Waals surface area (Å²) in [6, 6.07) is 7.15. The second-order valence-electron chi connectivity index (χ2n) is 3.82. The summed E-state index contributed by atoms with van der Waals surface area (Å²) in [7, 11) is 0. The standard InChI is InChI=1S/C11H12O2S/c12-10(13)8-1-3-9(4-2-8)11(7-14)5-6-11/h1-4,14H,5-7H2,(H,12,13). The third-order valence-electron chi connectivity index (χ3n) is 2.90. The lowest BCUT2D eigenvalue weighted by molar-refractivity contribution is 0.0697. The smallest absolute Gasteiger partial charge is 0.335 e. The maximum absolute atomic E-state index is 10.6. The number of carboxylic acids is 1. The Morgan fingerprint density at radius 2 is 1.93 bits per heavy atom. The van der Waals surface area contributed by atoms with Crippen LogP contribution in [-0.2, 0) is 5.41 Å². The highest BCUT2D eigenvalue weighted by atomic mass is 32.1. The van der Waals surface area contributed by atoms with E-state index in [2.05, 4.69) is 12.6 Å². The number of carboxylic acid groups (broad SMARTS) is 1. The maximum Gasteiger partial charge on any atom is 0.335 e. The van der Waals surface area contributed by atoms with Gasteiger partial charge in [0, 0.05) is 5.41 Å². The van der Waals surface area contributed by atoms with Gasteiger partial charge in [-0.2, -0.15) is 12.6 Å². The van der Waals surface area contributed by atoms with Gasteiger partial charge in [-0.05, 0) is 36.3 Å². The van der Waals surface area contributed by atoms with E-state index >= 15 is 0 Å². The lowest BCUT2D eigenvalue weighted by Crippen LogP contribution is -2.08. The van der Waals surface area contributed by atoms with Crippen LogP contribution in [0.5, 0.6) is 0 Å². The summed E-state index contributed by atoms with van der Waals surface area (Å²) in [4.78, 5) is 10.6. The molecule has 1 N–H and O–H groups in total. The van der Waals surface area contributed by atoms with E-state index < -0.39 is 5.97 Å². The molecule has 2 nitrogen and oxygen atoms in total. The lowest BCUT2D eigenvalue weighted by atomic mass is 9.97. The highest BCUT2D eigenvalue weighted by Crippen LogP contribution is 2.48. The third kappa shape index (κ3) is 1.52. The van der Waals surface area contributed by atoms with Gasteiger partial charge in [0.05, 0.1) is 5.56 Å². The van der Waals surface area contributed by atoms with Gasteiger partial charge in [0.1, 0.15) is 0 Å². The molecule has 1 fully saturated rings. The second-order valence-corrected chi connectivity index (χ2v) is 4.14. The van der Waals surface area contributed by atoms with Gasteiger partial charge in [0.2, 0.25) is 0 Å². The molecule has 1 aliphatic carbocycles. The van der Waals surface area contributed by atoms with Crippen molar-refractivity contribution in [3.05, 3.63) is 35.4 Å². The van der Waals surface area contributed by atoms with E-state index in [0.29, 0.717) is 5.56 Å². The molecule has 3 heteroatoms. The maximum atomic E-state index is 10.6. The van der Waals surface area contributed by atoms with Gasteiger partial charge < -0.3 is 5.11 Å². The van der Waals surface area contributed by atoms with Crippen LogP contribution in [0.15, 0.2) is 24.3 Å². The van der Waals surface area contributed by atoms with Crippen LogP contribution in [0.4, 0.5) is 0 Å². The van der Waals surface area contributed by atoms with E-state index in [9.17, 15) is 4.79 Å². The number of rotatable bonds is 3. The number of hydrogen-bond acceptors (Lipinski definition) is 2. The largest absolute Gasteiger partial charge is 0.478 e. The van der Waals surface area contributed by atoms with Gasteiger partial charge in [0.25, 0.3) is 0 Å². The van der Waals surface area contributed by atoms with Crippen LogP contribution in [0, 0.1) is 0 Å². The van der Waals surface area contributed by atoms with Crippen LogP contribution >= 0.6 is 12.6 Å². The van der Waals surface area contributed by atoms with Gasteiger partial charge in [-0.25, -0.2) is 4.79 Å². The van der Waals surface area contributed by atoms with Crippen LogP contribution in [0.25, 0.3) is 0 Å². The molecular weight excluding hydrogens is 196 g/mol. The fourth-order valence-corrected chi connectivity index (χ4v) is 2.15. The van der Waals surface area contributed by atoms with Crippen molar-refractivity contribution in [1.82, 2.24) is 0 Å². The van der Waals surface area contributed by atoms with Crippen molar-refractivity contribution >= 4 is 18.6 Å². The fourth-order valence-electron chi connectivity index (χ4n) is 1.66. The SMILES string of the molecule is O=C(O)c1ccc(C2(CS)CC2)cc1. The molecule has 0 bridgehead atoms. The normalized spacial score (nSPS) is 17.8. The van der Waals surface area contributed by atoms with Crippen molar-refractivity contribution in [2.75, 3.05) is 5.75 Å². The Labute approximate surface area is 88.4 Å². The van der Waals surface area contributed by atoms with Gasteiger partial charge in [-0.1, -0.05) is 12.1 Å². The predicted octanol–water partition coefficient (Wildman–Crippen LogP) is 2.35. The Kier molecular flexibility index (Phi) is 2.27. The average molecular weight is 208 g/mol. The summed E-state index contributed by atoms with van der Waals surface area (Å²) >= 11 is 4.33. The molecule has 0 unspecified atom stereocenters. The molecule has 0 aromatic heterocycles. The zero-order valence-corrected chi connectivity index (χ0v) is 8.63. The van der Waals surface area contributed by atoms with Crippen molar-refractivity contribution in [3.63, 3.8) is 0 Å². The molecule has 0 radical (unpaired) electrons. The van der Waals surface area contributed by atoms with Crippen LogP contribution in [0.3, 0.4) is 0 Å². The Morgan fingerprint density at radius 3 is 2.29 bits per heavy atom. The highest BCUT2D eigenvalue weighted by Gasteiger charge is 2.42. The Bertz CT molecular complexity index is 352. The minimum absolute atomic E-state index is 0.236. The van der Waals surface area contributed by atoms with Gasteiger partial charge in [-0.15, -0.1) is 0 Å². The number of carbonyl (C=O) groups is 1. The number of thiol groups is 1. The number of benzene rings is 1. The molecule has 0 atom stereocenters. The average Bonchev–Trinajstić information content (AvgIpc) is 2.99. The fraction of sp³-hybridized carbons (Fsp3) is 0.364. The molecule has 1 aromatic carbocycles. The van der Waals surface area contributed by atoms with Gasteiger partial charge in [0.15, 0.2) is 0 Å². The first-order valence-corrected chi connectivity index (χ1v) is 5.26. The van der Waals surface area contributed by atoms with E-state index in [0.717, 1.165) is 5.75 Å². The van der Waals surface area contributed by atoms with Crippen molar-refractivity contribution in [2.24, 2.45) is 0 Å².